The maximum atomic E-state index is 7.56. The number of piperidine rings is 1. The fraction of sp³-hybridized carbons (Fsp3) is 0.300. The highest BCUT2D eigenvalue weighted by Crippen LogP contribution is 2.20. The number of hydrogen-bond acceptors (Lipinski definition) is 4. The second kappa shape index (κ2) is 7.76. The van der Waals surface area contributed by atoms with Gasteiger partial charge in [0.2, 0.25) is 0 Å². The Balaban J connectivity index is 1.90. The molecule has 0 unspecified atom stereocenters. The lowest BCUT2D eigenvalue weighted by molar-refractivity contribution is 0.447. The molecule has 0 radical (unpaired) electrons. The fourth-order valence-corrected chi connectivity index (χ4v) is 2.89. The molecule has 1 aliphatic rings. The number of fused-ring (bicyclic) bond motifs is 1. The lowest BCUT2D eigenvalue weighted by Crippen LogP contribution is -2.26. The van der Waals surface area contributed by atoms with Crippen molar-refractivity contribution < 1.29 is 0 Å². The molecule has 1 aliphatic heterocycles. The van der Waals surface area contributed by atoms with Crippen LogP contribution in [0.25, 0.3) is 16.3 Å². The van der Waals surface area contributed by atoms with Crippen molar-refractivity contribution >= 4 is 22.6 Å². The van der Waals surface area contributed by atoms with E-state index in [4.69, 9.17) is 5.41 Å². The van der Waals surface area contributed by atoms with Crippen LogP contribution in [0.5, 0.6) is 0 Å². The topological polar surface area (TPSA) is 60.8 Å². The molecule has 2 aromatic rings. The van der Waals surface area contributed by atoms with Gasteiger partial charge in [0.1, 0.15) is 5.69 Å². The molecule has 1 saturated heterocycles. The largest absolute Gasteiger partial charge is 0.393 e. The highest BCUT2D eigenvalue weighted by Gasteiger charge is 2.09. The summed E-state index contributed by atoms with van der Waals surface area (Å²) in [6.45, 7) is 2.11. The van der Waals surface area contributed by atoms with E-state index in [0.717, 1.165) is 53.5 Å². The van der Waals surface area contributed by atoms with Crippen LogP contribution in [0.15, 0.2) is 36.7 Å². The average Bonchev–Trinajstić information content (AvgIpc) is 2.64. The number of hydrogen-bond donors (Lipinski definition) is 3. The summed E-state index contributed by atoms with van der Waals surface area (Å²) >= 11 is 0. The maximum absolute atomic E-state index is 7.56. The number of rotatable bonds is 3. The van der Waals surface area contributed by atoms with E-state index >= 15 is 0 Å². The summed E-state index contributed by atoms with van der Waals surface area (Å²) < 4.78 is 0. The van der Waals surface area contributed by atoms with Crippen LogP contribution in [0.3, 0.4) is 0 Å². The molecule has 0 saturated carbocycles. The normalized spacial score (nSPS) is 15.6. The number of nitrogens with one attached hydrogen (secondary N) is 3. The van der Waals surface area contributed by atoms with Crippen molar-refractivity contribution in [3.63, 3.8) is 0 Å². The van der Waals surface area contributed by atoms with Gasteiger partial charge in [-0.2, -0.15) is 0 Å². The molecule has 0 atom stereocenters. The van der Waals surface area contributed by atoms with Crippen molar-refractivity contribution in [2.45, 2.75) is 12.8 Å². The molecule has 2 heterocycles. The van der Waals surface area contributed by atoms with Gasteiger partial charge in [-0.15, -0.1) is 0 Å². The Labute approximate surface area is 142 Å². The molecule has 1 fully saturated rings. The van der Waals surface area contributed by atoms with Crippen molar-refractivity contribution in [2.24, 2.45) is 5.92 Å². The van der Waals surface area contributed by atoms with Crippen molar-refractivity contribution in [1.29, 1.82) is 5.41 Å². The fourth-order valence-electron chi connectivity index (χ4n) is 2.89. The number of pyridine rings is 1. The molecule has 122 valence electrons. The molecule has 0 spiro atoms. The first-order valence-corrected chi connectivity index (χ1v) is 8.30. The molecule has 3 N–H and O–H groups in total. The van der Waals surface area contributed by atoms with E-state index in [1.54, 1.807) is 0 Å². The van der Waals surface area contributed by atoms with Crippen molar-refractivity contribution in [3.8, 4) is 11.8 Å². The zero-order chi connectivity index (χ0) is 16.8. The Bertz CT molecular complexity index is 820. The Kier molecular flexibility index (Phi) is 5.25. The molecule has 3 rings (SSSR count). The average molecular weight is 318 g/mol. The first-order chi connectivity index (χ1) is 11.8. The van der Waals surface area contributed by atoms with E-state index in [1.165, 1.54) is 6.21 Å². The van der Waals surface area contributed by atoms with Crippen LogP contribution in [-0.4, -0.2) is 31.3 Å². The van der Waals surface area contributed by atoms with Crippen molar-refractivity contribution in [3.05, 3.63) is 47.9 Å². The standard InChI is InChI=1S/C20H22N4/c1-22-13-19(12-21)16-3-4-17-14-24-20(11-18(17)10-16)5-2-15-6-8-23-9-7-15/h3-4,10-15,21-23H,6-9H2,1H3/b19-13+,21-12?. The van der Waals surface area contributed by atoms with Gasteiger partial charge in [-0.1, -0.05) is 18.1 Å². The zero-order valence-corrected chi connectivity index (χ0v) is 13.9. The summed E-state index contributed by atoms with van der Waals surface area (Å²) in [5.74, 6) is 7.07. The highest BCUT2D eigenvalue weighted by atomic mass is 14.9. The minimum Gasteiger partial charge on any atom is -0.393 e. The summed E-state index contributed by atoms with van der Waals surface area (Å²) in [4.78, 5) is 4.46. The number of nitrogens with zero attached hydrogens (tertiary/aromatic N) is 1. The maximum Gasteiger partial charge on any atom is 0.113 e. The van der Waals surface area contributed by atoms with Gasteiger partial charge in [-0.25, -0.2) is 4.98 Å². The number of aromatic nitrogens is 1. The van der Waals surface area contributed by atoms with Crippen LogP contribution in [0.2, 0.25) is 0 Å². The molecule has 0 amide bonds. The molecule has 24 heavy (non-hydrogen) atoms. The number of allylic oxidation sites excluding steroid dienone is 1. The van der Waals surface area contributed by atoms with Crippen LogP contribution < -0.4 is 10.6 Å². The molecule has 0 aliphatic carbocycles. The smallest absolute Gasteiger partial charge is 0.113 e. The number of benzene rings is 1. The summed E-state index contributed by atoms with van der Waals surface area (Å²) in [6, 6.07) is 8.17. The summed E-state index contributed by atoms with van der Waals surface area (Å²) in [7, 11) is 1.84. The first-order valence-electron chi connectivity index (χ1n) is 8.30. The second-order valence-corrected chi connectivity index (χ2v) is 5.96. The molecule has 0 bridgehead atoms. The summed E-state index contributed by atoms with van der Waals surface area (Å²) in [5.41, 5.74) is 2.67. The first kappa shape index (κ1) is 16.2. The van der Waals surface area contributed by atoms with Crippen LogP contribution in [0, 0.1) is 23.2 Å². The van der Waals surface area contributed by atoms with E-state index in [-0.39, 0.29) is 0 Å². The van der Waals surface area contributed by atoms with Crippen LogP contribution in [0.1, 0.15) is 24.1 Å². The van der Waals surface area contributed by atoms with Gasteiger partial charge in [0.25, 0.3) is 0 Å². The lowest BCUT2D eigenvalue weighted by Gasteiger charge is -2.17. The minimum atomic E-state index is 0.471. The van der Waals surface area contributed by atoms with Crippen molar-refractivity contribution in [1.82, 2.24) is 15.6 Å². The van der Waals surface area contributed by atoms with E-state index < -0.39 is 0 Å². The van der Waals surface area contributed by atoms with Crippen LogP contribution in [-0.2, 0) is 0 Å². The third kappa shape index (κ3) is 3.81. The Morgan fingerprint density at radius 2 is 2.12 bits per heavy atom. The van der Waals surface area contributed by atoms with E-state index in [1.807, 2.05) is 37.6 Å². The lowest BCUT2D eigenvalue weighted by atomic mass is 9.98. The molecular weight excluding hydrogens is 296 g/mol. The van der Waals surface area contributed by atoms with E-state index in [0.29, 0.717) is 5.92 Å². The van der Waals surface area contributed by atoms with Gasteiger partial charge in [-0.3, -0.25) is 0 Å². The third-order valence-corrected chi connectivity index (χ3v) is 4.25. The Morgan fingerprint density at radius 1 is 1.29 bits per heavy atom. The monoisotopic (exact) mass is 318 g/mol. The zero-order valence-electron chi connectivity index (χ0n) is 13.9. The van der Waals surface area contributed by atoms with Gasteiger partial charge >= 0.3 is 0 Å². The Hall–Kier alpha value is -2.64. The van der Waals surface area contributed by atoms with Gasteiger partial charge in [-0.05, 0) is 54.9 Å². The molecule has 4 nitrogen and oxygen atoms in total. The second-order valence-electron chi connectivity index (χ2n) is 5.96. The quantitative estimate of drug-likeness (QED) is 0.602. The predicted octanol–water partition coefficient (Wildman–Crippen LogP) is 2.80. The van der Waals surface area contributed by atoms with E-state index in [2.05, 4.69) is 33.5 Å². The SMILES string of the molecule is CN/C=C(\C=N)c1ccc2cnc(C#CC3CCNCC3)cc2c1. The third-order valence-electron chi connectivity index (χ3n) is 4.25. The molecular formula is C20H22N4. The molecule has 1 aromatic heterocycles. The molecule has 1 aromatic carbocycles. The van der Waals surface area contributed by atoms with Gasteiger partial charge in [0, 0.05) is 42.5 Å². The van der Waals surface area contributed by atoms with Gasteiger partial charge in [0.15, 0.2) is 0 Å². The van der Waals surface area contributed by atoms with Crippen molar-refractivity contribution in [2.75, 3.05) is 20.1 Å². The van der Waals surface area contributed by atoms with Gasteiger partial charge < -0.3 is 16.0 Å². The minimum absolute atomic E-state index is 0.471. The highest BCUT2D eigenvalue weighted by molar-refractivity contribution is 6.09. The molecule has 4 heteroatoms. The predicted molar refractivity (Wildman–Crippen MR) is 100 cm³/mol. The van der Waals surface area contributed by atoms with E-state index in [9.17, 15) is 0 Å². The summed E-state index contributed by atoms with van der Waals surface area (Å²) in [6.07, 6.45) is 7.28. The van der Waals surface area contributed by atoms with Crippen LogP contribution >= 0.6 is 0 Å². The Morgan fingerprint density at radius 3 is 2.88 bits per heavy atom. The summed E-state index contributed by atoms with van der Waals surface area (Å²) in [5, 5.41) is 16.1. The van der Waals surface area contributed by atoms with Crippen LogP contribution in [0.4, 0.5) is 0 Å². The van der Waals surface area contributed by atoms with Gasteiger partial charge in [0.05, 0.1) is 0 Å².